The molecule has 2 heterocycles. The number of aryl methyl sites for hydroxylation is 2. The highest BCUT2D eigenvalue weighted by Crippen LogP contribution is 2.48. The quantitative estimate of drug-likeness (QED) is 0.687. The van der Waals surface area contributed by atoms with Gasteiger partial charge in [0, 0.05) is 18.7 Å². The number of nitrogens with zero attached hydrogens (tertiary/aromatic N) is 3. The normalized spacial score (nSPS) is 23.4. The summed E-state index contributed by atoms with van der Waals surface area (Å²) in [6.07, 6.45) is 2.59. The van der Waals surface area contributed by atoms with Gasteiger partial charge in [0.2, 0.25) is 5.91 Å². The summed E-state index contributed by atoms with van der Waals surface area (Å²) >= 11 is 0. The second-order valence-electron chi connectivity index (χ2n) is 8.06. The van der Waals surface area contributed by atoms with E-state index in [0.717, 1.165) is 24.0 Å². The minimum atomic E-state index is -0.723. The van der Waals surface area contributed by atoms with Crippen molar-refractivity contribution in [3.8, 4) is 11.4 Å². The molecule has 29 heavy (non-hydrogen) atoms. The number of hydrogen-bond donors (Lipinski definition) is 3. The van der Waals surface area contributed by atoms with E-state index < -0.39 is 11.4 Å². The Morgan fingerprint density at radius 1 is 1.38 bits per heavy atom. The second kappa shape index (κ2) is 8.12. The first-order valence-corrected chi connectivity index (χ1v) is 9.63. The Balaban J connectivity index is 0.00000240. The Hall–Kier alpha value is -2.45. The van der Waals surface area contributed by atoms with Gasteiger partial charge in [0.05, 0.1) is 17.6 Å². The number of likely N-dealkylation sites (tertiary alicyclic amines) is 1. The highest BCUT2D eigenvalue weighted by atomic mass is 35.5. The van der Waals surface area contributed by atoms with Gasteiger partial charge >= 0.3 is 5.97 Å². The molecule has 2 aromatic rings. The molecule has 4 rings (SSSR count). The van der Waals surface area contributed by atoms with Crippen LogP contribution in [0.5, 0.6) is 0 Å². The van der Waals surface area contributed by atoms with Crippen LogP contribution in [0.3, 0.4) is 0 Å². The van der Waals surface area contributed by atoms with Gasteiger partial charge in [-0.2, -0.15) is 5.10 Å². The smallest absolute Gasteiger partial charge is 0.311 e. The van der Waals surface area contributed by atoms with E-state index in [-0.39, 0.29) is 30.8 Å². The molecule has 0 unspecified atom stereocenters. The summed E-state index contributed by atoms with van der Waals surface area (Å²) in [4.78, 5) is 30.9. The van der Waals surface area contributed by atoms with Crippen LogP contribution in [0.1, 0.15) is 30.7 Å². The average molecular weight is 420 g/mol. The van der Waals surface area contributed by atoms with Crippen LogP contribution in [0.4, 0.5) is 5.69 Å². The molecular formula is C20H26ClN5O3. The number of anilines is 1. The molecule has 1 aromatic heterocycles. The fraction of sp³-hybridized carbons (Fsp3) is 0.500. The molecule has 0 spiro atoms. The lowest BCUT2D eigenvalue weighted by Gasteiger charge is -2.23. The number of carboxylic acid groups (broad SMARTS) is 1. The maximum atomic E-state index is 12.7. The zero-order chi connectivity index (χ0) is 19.9. The summed E-state index contributed by atoms with van der Waals surface area (Å²) in [5.41, 5.74) is 1.76. The molecule has 1 amide bonds. The number of halogens is 1. The van der Waals surface area contributed by atoms with Gasteiger partial charge in [-0.1, -0.05) is 12.5 Å². The van der Waals surface area contributed by atoms with Crippen LogP contribution >= 0.6 is 12.4 Å². The molecule has 2 fully saturated rings. The predicted octanol–water partition coefficient (Wildman–Crippen LogP) is 2.64. The summed E-state index contributed by atoms with van der Waals surface area (Å²) in [7, 11) is 0. The van der Waals surface area contributed by atoms with Gasteiger partial charge < -0.3 is 10.4 Å². The molecular weight excluding hydrogens is 394 g/mol. The molecule has 1 aliphatic carbocycles. The first-order chi connectivity index (χ1) is 13.4. The Morgan fingerprint density at radius 3 is 2.83 bits per heavy atom. The third kappa shape index (κ3) is 4.00. The second-order valence-corrected chi connectivity index (χ2v) is 8.06. The zero-order valence-corrected chi connectivity index (χ0v) is 17.4. The molecule has 3 N–H and O–H groups in total. The number of amides is 1. The monoisotopic (exact) mass is 419 g/mol. The summed E-state index contributed by atoms with van der Waals surface area (Å²) in [5.74, 6) is 0.505. The Bertz CT molecular complexity index is 931. The van der Waals surface area contributed by atoms with Gasteiger partial charge in [0.15, 0.2) is 5.82 Å². The van der Waals surface area contributed by atoms with E-state index in [1.54, 1.807) is 0 Å². The number of aromatic amines is 1. The number of nitrogens with one attached hydrogen (secondary N) is 2. The van der Waals surface area contributed by atoms with Crippen molar-refractivity contribution in [3.05, 3.63) is 29.6 Å². The minimum absolute atomic E-state index is 0. The molecule has 156 valence electrons. The summed E-state index contributed by atoms with van der Waals surface area (Å²) < 4.78 is 0. The Labute approximate surface area is 175 Å². The standard InChI is InChI=1S/C20H25N5O3.ClH/c1-12-5-6-15(18-21-13(2)23-24-18)16(8-12)22-17(26)10-25-9-14-4-3-7-20(14,11-25)19(27)28;/h5-6,8,14H,3-4,7,9-11H2,1-2H3,(H,22,26)(H,27,28)(H,21,23,24);1H/t14-,20+;/m0./s1. The third-order valence-corrected chi connectivity index (χ3v) is 6.02. The Kier molecular flexibility index (Phi) is 5.95. The molecule has 1 aromatic carbocycles. The molecule has 8 nitrogen and oxygen atoms in total. The number of fused-ring (bicyclic) bond motifs is 1. The molecule has 2 aliphatic rings. The highest BCUT2D eigenvalue weighted by Gasteiger charge is 2.54. The lowest BCUT2D eigenvalue weighted by atomic mass is 9.81. The van der Waals surface area contributed by atoms with E-state index in [0.29, 0.717) is 36.8 Å². The average Bonchev–Trinajstić information content (AvgIpc) is 3.29. The van der Waals surface area contributed by atoms with Crippen molar-refractivity contribution >= 4 is 30.0 Å². The van der Waals surface area contributed by atoms with Crippen molar-refractivity contribution in [2.24, 2.45) is 11.3 Å². The molecule has 0 bridgehead atoms. The fourth-order valence-electron chi connectivity index (χ4n) is 4.68. The van der Waals surface area contributed by atoms with Crippen LogP contribution in [0, 0.1) is 25.2 Å². The number of H-pyrrole nitrogens is 1. The number of carboxylic acids is 1. The molecule has 9 heteroatoms. The lowest BCUT2D eigenvalue weighted by Crippen LogP contribution is -2.37. The van der Waals surface area contributed by atoms with E-state index in [1.165, 1.54) is 0 Å². The van der Waals surface area contributed by atoms with Crippen molar-refractivity contribution in [3.63, 3.8) is 0 Å². The van der Waals surface area contributed by atoms with Gasteiger partial charge in [-0.15, -0.1) is 12.4 Å². The van der Waals surface area contributed by atoms with Crippen LogP contribution in [0.15, 0.2) is 18.2 Å². The van der Waals surface area contributed by atoms with Crippen molar-refractivity contribution in [2.75, 3.05) is 25.0 Å². The van der Waals surface area contributed by atoms with Crippen LogP contribution in [-0.2, 0) is 9.59 Å². The first-order valence-electron chi connectivity index (χ1n) is 9.63. The largest absolute Gasteiger partial charge is 0.481 e. The van der Waals surface area contributed by atoms with E-state index in [2.05, 4.69) is 20.5 Å². The van der Waals surface area contributed by atoms with Crippen LogP contribution < -0.4 is 5.32 Å². The maximum absolute atomic E-state index is 12.7. The summed E-state index contributed by atoms with van der Waals surface area (Å²) in [6, 6.07) is 5.75. The molecule has 1 saturated carbocycles. The molecule has 1 saturated heterocycles. The number of carbonyl (C=O) groups is 2. The van der Waals surface area contributed by atoms with Crippen molar-refractivity contribution < 1.29 is 14.7 Å². The maximum Gasteiger partial charge on any atom is 0.311 e. The van der Waals surface area contributed by atoms with E-state index in [4.69, 9.17) is 0 Å². The van der Waals surface area contributed by atoms with Crippen molar-refractivity contribution in [2.45, 2.75) is 33.1 Å². The molecule has 1 aliphatic heterocycles. The SMILES string of the molecule is Cc1ccc(-c2n[nH]c(C)n2)c(NC(=O)CN2C[C@@H]3CCC[C@@]3(C(=O)O)C2)c1.Cl. The Morgan fingerprint density at radius 2 is 2.17 bits per heavy atom. The number of aliphatic carboxylic acids is 1. The lowest BCUT2D eigenvalue weighted by molar-refractivity contribution is -0.149. The summed E-state index contributed by atoms with van der Waals surface area (Å²) in [5, 5.41) is 19.7. The fourth-order valence-corrected chi connectivity index (χ4v) is 4.68. The topological polar surface area (TPSA) is 111 Å². The van der Waals surface area contributed by atoms with Gasteiger partial charge in [-0.3, -0.25) is 19.6 Å². The highest BCUT2D eigenvalue weighted by molar-refractivity contribution is 5.96. The molecule has 0 radical (unpaired) electrons. The van der Waals surface area contributed by atoms with Gasteiger partial charge in [-0.05, 0) is 50.3 Å². The van der Waals surface area contributed by atoms with Gasteiger partial charge in [-0.25, -0.2) is 4.98 Å². The number of hydrogen-bond acceptors (Lipinski definition) is 5. The zero-order valence-electron chi connectivity index (χ0n) is 16.6. The van der Waals surface area contributed by atoms with Gasteiger partial charge in [0.1, 0.15) is 5.82 Å². The van der Waals surface area contributed by atoms with Gasteiger partial charge in [0.25, 0.3) is 0 Å². The molecule has 2 atom stereocenters. The van der Waals surface area contributed by atoms with Crippen LogP contribution in [-0.4, -0.2) is 56.7 Å². The number of aromatic nitrogens is 3. The van der Waals surface area contributed by atoms with E-state index in [1.807, 2.05) is 36.9 Å². The number of rotatable bonds is 5. The van der Waals surface area contributed by atoms with E-state index in [9.17, 15) is 14.7 Å². The van der Waals surface area contributed by atoms with Crippen LogP contribution in [0.25, 0.3) is 11.4 Å². The summed E-state index contributed by atoms with van der Waals surface area (Å²) in [6.45, 7) is 5.08. The number of benzene rings is 1. The minimum Gasteiger partial charge on any atom is -0.481 e. The van der Waals surface area contributed by atoms with Crippen molar-refractivity contribution in [1.29, 1.82) is 0 Å². The number of carbonyl (C=O) groups excluding carboxylic acids is 1. The van der Waals surface area contributed by atoms with Crippen molar-refractivity contribution in [1.82, 2.24) is 20.1 Å². The first kappa shape index (κ1) is 21.3. The van der Waals surface area contributed by atoms with Crippen LogP contribution in [0.2, 0.25) is 0 Å². The predicted molar refractivity (Wildman–Crippen MR) is 111 cm³/mol. The third-order valence-electron chi connectivity index (χ3n) is 6.02. The van der Waals surface area contributed by atoms with E-state index >= 15 is 0 Å².